The van der Waals surface area contributed by atoms with Crippen LogP contribution in [0.3, 0.4) is 0 Å². The molecule has 9 aliphatic rings. The summed E-state index contributed by atoms with van der Waals surface area (Å²) in [6.45, 7) is 0. The van der Waals surface area contributed by atoms with Crippen molar-refractivity contribution in [3.63, 3.8) is 0 Å². The SMILES string of the molecule is C1CCCC1.O=C(O)c1ccc(-c2ccc(C3CC4c5ccc6c7ccc8c9ccc%10c%11c%12c%13c%14c%15c%16c(c5c6c%15c7c8c%14c%119)C4(c4ccc(-c5ccc(C(=O)O)cc5)cc4)[C@@H]4C3C3C(c5ccc(-c6ccc(C(=O)O)cc6)cc5)CC%10C%12(c5ccc(-c6ccc(C(=O)O)cc6)cc5)[C@@H]3C4C%16%13c3ccc(-c4ccc(C(=O)O)cc4)cc3)cc2)cc1.[CH3-].[CH3-].[Ru+2]. The number of benzene rings is 16. The Morgan fingerprint density at radius 1 is 0.244 bits per heavy atom. The van der Waals surface area contributed by atoms with E-state index in [4.69, 9.17) is 0 Å². The van der Waals surface area contributed by atoms with Crippen molar-refractivity contribution in [1.29, 1.82) is 0 Å². The zero-order chi connectivity index (χ0) is 80.2. The minimum Gasteiger partial charge on any atom is -0.478 e. The summed E-state index contributed by atoms with van der Waals surface area (Å²) in [4.78, 5) is 62.0. The van der Waals surface area contributed by atoms with Gasteiger partial charge in [-0.1, -0.05) is 250 Å². The number of carboxylic acid groups (broad SMARTS) is 5. The van der Waals surface area contributed by atoms with Crippen molar-refractivity contribution in [2.75, 3.05) is 0 Å². The number of carboxylic acids is 5. The molecule has 596 valence electrons. The molecule has 0 spiro atoms. The molecule has 0 amide bonds. The van der Waals surface area contributed by atoms with Crippen LogP contribution in [0.1, 0.15) is 182 Å². The van der Waals surface area contributed by atoms with E-state index >= 15 is 0 Å². The molecule has 0 bridgehead atoms. The molecule has 12 atom stereocenters. The van der Waals surface area contributed by atoms with Gasteiger partial charge in [0.25, 0.3) is 0 Å². The molecule has 0 radical (unpaired) electrons. The Balaban J connectivity index is 0.00000106. The van der Waals surface area contributed by atoms with Crippen LogP contribution in [-0.4, -0.2) is 55.4 Å². The van der Waals surface area contributed by atoms with Crippen LogP contribution < -0.4 is 0 Å². The standard InChI is InChI=1S/C105H64O10.C5H10.2CH3.Ru/c106-98(107)61-19-5-51(6-20-61)49-1-15-59(16-2-49)75-47-77-73-45-43-71-69-41-42-70-72-44-46-74-78-48-76(60-17-3-50(4-18-60)52-7-21-62(22-8-52)99(108)109)86-85(75)93-97-94(86)104(78,67-37-31-57(32-38-67)54-11-25-64(26-12-54)101(112)113)92-84(74)82(72)88-80(70)79(69)87-81(71)83(73)91(103(77,93)66-35-29-56(30-36-66)53-9-23-63(24-10-53)100(110)111)95-89(87)90(88)96(92)105(95,97)68-39-33-58(34-40-68)55-13-27-65(28-14-55)102(114)115;1-2-4-5-3-1;;;/h1-46,75-78,85-86,93-94,97H,47-48H2,(H,106,107)(H,108,109)(H,110,111)(H,112,113)(H,114,115);1-5H2;2*1H3;/q;;2*-1;+2/t75?,76?,77?,78?,85?,86?,93-,94+,97?,103?,104?,105?;;;;. The summed E-state index contributed by atoms with van der Waals surface area (Å²) >= 11 is 0. The van der Waals surface area contributed by atoms with E-state index in [2.05, 4.69) is 158 Å². The number of aromatic carboxylic acids is 5. The topological polar surface area (TPSA) is 186 Å². The average molecular weight is 1690 g/mol. The van der Waals surface area contributed by atoms with Crippen LogP contribution in [0.4, 0.5) is 0 Å². The number of rotatable bonds is 15. The molecule has 9 aliphatic carbocycles. The van der Waals surface area contributed by atoms with Crippen molar-refractivity contribution >= 4 is 105 Å². The van der Waals surface area contributed by atoms with E-state index < -0.39 is 46.1 Å². The maximum absolute atomic E-state index is 12.5. The molecule has 0 aliphatic heterocycles. The summed E-state index contributed by atoms with van der Waals surface area (Å²) in [5, 5.41) is 69.8. The molecular formula is C112H80O10Ru. The molecular weight excluding hydrogens is 1610 g/mol. The van der Waals surface area contributed by atoms with Crippen molar-refractivity contribution in [2.45, 2.75) is 84.9 Å². The molecule has 10 unspecified atom stereocenters. The zero-order valence-electron chi connectivity index (χ0n) is 67.3. The quantitative estimate of drug-likeness (QED) is 0.0376. The van der Waals surface area contributed by atoms with Crippen molar-refractivity contribution in [1.82, 2.24) is 0 Å². The summed E-state index contributed by atoms with van der Waals surface area (Å²) in [6, 6.07) is 98.9. The van der Waals surface area contributed by atoms with Crippen LogP contribution in [0.2, 0.25) is 0 Å². The second-order valence-corrected chi connectivity index (χ2v) is 36.0. The maximum atomic E-state index is 12.5. The maximum Gasteiger partial charge on any atom is 2.00 e. The van der Waals surface area contributed by atoms with Crippen LogP contribution >= 0.6 is 0 Å². The van der Waals surface area contributed by atoms with Crippen LogP contribution in [0.25, 0.3) is 131 Å². The molecule has 27 rings (SSSR count). The van der Waals surface area contributed by atoms with Gasteiger partial charge < -0.3 is 40.4 Å². The molecule has 18 aromatic rings. The molecule has 10 nitrogen and oxygen atoms in total. The monoisotopic (exact) mass is 1690 g/mol. The first kappa shape index (κ1) is 74.8. The number of hydrogen-bond donors (Lipinski definition) is 5. The molecule has 0 aromatic heterocycles. The molecule has 123 heavy (non-hydrogen) atoms. The fourth-order valence-corrected chi connectivity index (χ4v) is 27.8. The molecule has 18 aromatic carbocycles. The number of carbonyl (C=O) groups is 5. The second kappa shape index (κ2) is 26.2. The Labute approximate surface area is 722 Å². The smallest absolute Gasteiger partial charge is 0.478 e. The molecule has 0 saturated heterocycles. The second-order valence-electron chi connectivity index (χ2n) is 36.0. The van der Waals surface area contributed by atoms with Gasteiger partial charge in [-0.05, 0) is 319 Å². The third-order valence-corrected chi connectivity index (χ3v) is 31.8. The molecule has 4 saturated carbocycles. The Hall–Kier alpha value is -13.2. The van der Waals surface area contributed by atoms with E-state index in [1.54, 1.807) is 60.7 Å². The van der Waals surface area contributed by atoms with Crippen LogP contribution in [-0.2, 0) is 35.7 Å². The molecule has 5 N–H and O–H groups in total. The Kier molecular flexibility index (Phi) is 15.9. The predicted octanol–water partition coefficient (Wildman–Crippen LogP) is 26.1. The van der Waals surface area contributed by atoms with Crippen molar-refractivity contribution < 1.29 is 69.0 Å². The molecule has 11 heteroatoms. The van der Waals surface area contributed by atoms with Gasteiger partial charge in [-0.2, -0.15) is 0 Å². The van der Waals surface area contributed by atoms with E-state index in [1.807, 2.05) is 60.7 Å². The third kappa shape index (κ3) is 9.22. The Morgan fingerprint density at radius 2 is 0.480 bits per heavy atom. The Morgan fingerprint density at radius 3 is 0.748 bits per heavy atom. The summed E-state index contributed by atoms with van der Waals surface area (Å²) in [5.41, 5.74) is 23.8. The number of fused-ring (bicyclic) bond motifs is 5. The van der Waals surface area contributed by atoms with Gasteiger partial charge in [-0.15, -0.1) is 0 Å². The first-order valence-electron chi connectivity index (χ1n) is 42.4. The largest absolute Gasteiger partial charge is 2.00 e. The fourth-order valence-electron chi connectivity index (χ4n) is 27.8. The first-order valence-corrected chi connectivity index (χ1v) is 42.4. The van der Waals surface area contributed by atoms with Gasteiger partial charge in [-0.3, -0.25) is 0 Å². The van der Waals surface area contributed by atoms with E-state index in [0.29, 0.717) is 0 Å². The van der Waals surface area contributed by atoms with Crippen LogP contribution in [0.15, 0.2) is 279 Å². The van der Waals surface area contributed by atoms with Crippen molar-refractivity contribution in [3.05, 3.63) is 383 Å². The summed E-state index contributed by atoms with van der Waals surface area (Å²) in [5.74, 6) is -5.27. The fraction of sp³-hybridized carbons (Fsp3) is 0.170. The minimum absolute atomic E-state index is 0. The Bertz CT molecular complexity index is 7130. The van der Waals surface area contributed by atoms with E-state index in [0.717, 1.165) is 68.5 Å². The van der Waals surface area contributed by atoms with Gasteiger partial charge in [0.2, 0.25) is 0 Å². The molecule has 4 fully saturated rings. The average Bonchev–Trinajstić information content (AvgIpc) is 1.41. The van der Waals surface area contributed by atoms with Crippen LogP contribution in [0.5, 0.6) is 0 Å². The van der Waals surface area contributed by atoms with Crippen molar-refractivity contribution in [3.8, 4) is 55.6 Å². The summed E-state index contributed by atoms with van der Waals surface area (Å²) < 4.78 is 0. The van der Waals surface area contributed by atoms with Gasteiger partial charge in [-0.25, -0.2) is 24.0 Å². The van der Waals surface area contributed by atoms with E-state index in [9.17, 15) is 49.5 Å². The third-order valence-electron chi connectivity index (χ3n) is 31.8. The van der Waals surface area contributed by atoms with Gasteiger partial charge >= 0.3 is 49.3 Å². The van der Waals surface area contributed by atoms with Gasteiger partial charge in [0, 0.05) is 10.8 Å². The number of hydrogen-bond acceptors (Lipinski definition) is 5. The minimum atomic E-state index is -0.974. The normalized spacial score (nSPS) is 23.7. The zero-order valence-corrected chi connectivity index (χ0v) is 69.1. The summed E-state index contributed by atoms with van der Waals surface area (Å²) in [6.07, 6.45) is 9.16. The first-order chi connectivity index (χ1) is 58.7. The summed E-state index contributed by atoms with van der Waals surface area (Å²) in [7, 11) is 0. The van der Waals surface area contributed by atoms with Gasteiger partial charge in [0.05, 0.1) is 33.2 Å². The van der Waals surface area contributed by atoms with Crippen molar-refractivity contribution in [2.24, 2.45) is 29.6 Å². The molecule has 0 heterocycles. The van der Waals surface area contributed by atoms with Gasteiger partial charge in [0.15, 0.2) is 0 Å². The van der Waals surface area contributed by atoms with Gasteiger partial charge in [0.1, 0.15) is 0 Å². The van der Waals surface area contributed by atoms with Crippen LogP contribution in [0, 0.1) is 44.4 Å². The van der Waals surface area contributed by atoms with E-state index in [1.165, 1.54) is 169 Å². The van der Waals surface area contributed by atoms with E-state index in [-0.39, 0.29) is 115 Å². The predicted molar refractivity (Wildman–Crippen MR) is 483 cm³/mol.